The van der Waals surface area contributed by atoms with Gasteiger partial charge in [0.25, 0.3) is 5.91 Å². The lowest BCUT2D eigenvalue weighted by Gasteiger charge is -2.34. The molecule has 7 nitrogen and oxygen atoms in total. The summed E-state index contributed by atoms with van der Waals surface area (Å²) in [6.45, 7) is 6.83. The first-order valence-electron chi connectivity index (χ1n) is 9.83. The van der Waals surface area contributed by atoms with Crippen molar-refractivity contribution in [3.8, 4) is 0 Å². The molecule has 29 heavy (non-hydrogen) atoms. The van der Waals surface area contributed by atoms with Crippen LogP contribution in [-0.2, 0) is 4.79 Å². The van der Waals surface area contributed by atoms with E-state index >= 15 is 0 Å². The van der Waals surface area contributed by atoms with Crippen LogP contribution in [0.5, 0.6) is 0 Å². The van der Waals surface area contributed by atoms with Gasteiger partial charge in [0.2, 0.25) is 5.91 Å². The number of hydrogen-bond acceptors (Lipinski definition) is 4. The van der Waals surface area contributed by atoms with Crippen LogP contribution in [0.1, 0.15) is 21.6 Å². The summed E-state index contributed by atoms with van der Waals surface area (Å²) in [5, 5.41) is 10.9. The highest BCUT2D eigenvalue weighted by Crippen LogP contribution is 2.18. The Hall–Kier alpha value is -3.19. The third kappa shape index (κ3) is 4.14. The fraction of sp³-hybridized carbons (Fsp3) is 0.318. The average Bonchev–Trinajstić information content (AvgIpc) is 3.14. The second-order valence-corrected chi connectivity index (χ2v) is 7.55. The van der Waals surface area contributed by atoms with E-state index in [1.165, 1.54) is 5.56 Å². The van der Waals surface area contributed by atoms with Crippen LogP contribution in [0.4, 0.5) is 5.69 Å². The van der Waals surface area contributed by atoms with Gasteiger partial charge in [-0.05, 0) is 31.5 Å². The molecular formula is C22H25N5O2. The first-order valence-corrected chi connectivity index (χ1v) is 9.83. The van der Waals surface area contributed by atoms with Gasteiger partial charge in [-0.1, -0.05) is 35.9 Å². The Bertz CT molecular complexity index is 1050. The second-order valence-electron chi connectivity index (χ2n) is 7.55. The van der Waals surface area contributed by atoms with Crippen molar-refractivity contribution in [1.82, 2.24) is 20.0 Å². The zero-order valence-electron chi connectivity index (χ0n) is 16.7. The number of carbonyl (C=O) groups excluding carboxylic acids is 2. The molecule has 7 heteroatoms. The molecule has 0 radical (unpaired) electrons. The lowest BCUT2D eigenvalue weighted by Crippen LogP contribution is -2.50. The van der Waals surface area contributed by atoms with Crippen molar-refractivity contribution in [2.45, 2.75) is 13.8 Å². The van der Waals surface area contributed by atoms with Crippen LogP contribution in [0.15, 0.2) is 42.5 Å². The van der Waals surface area contributed by atoms with Crippen LogP contribution in [0.25, 0.3) is 10.9 Å². The molecule has 1 aliphatic rings. The predicted octanol–water partition coefficient (Wildman–Crippen LogP) is 2.58. The highest BCUT2D eigenvalue weighted by Gasteiger charge is 2.26. The third-order valence-electron chi connectivity index (χ3n) is 5.36. The van der Waals surface area contributed by atoms with Crippen molar-refractivity contribution in [3.63, 3.8) is 0 Å². The zero-order valence-corrected chi connectivity index (χ0v) is 16.7. The fourth-order valence-electron chi connectivity index (χ4n) is 3.73. The van der Waals surface area contributed by atoms with E-state index < -0.39 is 0 Å². The van der Waals surface area contributed by atoms with Crippen molar-refractivity contribution in [2.24, 2.45) is 0 Å². The fourth-order valence-corrected chi connectivity index (χ4v) is 3.73. The van der Waals surface area contributed by atoms with Crippen LogP contribution >= 0.6 is 0 Å². The van der Waals surface area contributed by atoms with Crippen molar-refractivity contribution in [2.75, 3.05) is 38.0 Å². The average molecular weight is 391 g/mol. The molecule has 0 bridgehead atoms. The van der Waals surface area contributed by atoms with Crippen molar-refractivity contribution in [1.29, 1.82) is 0 Å². The molecule has 4 rings (SSSR count). The first-order chi connectivity index (χ1) is 14.0. The number of aryl methyl sites for hydroxylation is 2. The third-order valence-corrected chi connectivity index (χ3v) is 5.36. The highest BCUT2D eigenvalue weighted by molar-refractivity contribution is 6.04. The first kappa shape index (κ1) is 19.1. The van der Waals surface area contributed by atoms with Gasteiger partial charge in [-0.15, -0.1) is 0 Å². The molecule has 0 spiro atoms. The van der Waals surface area contributed by atoms with Crippen molar-refractivity contribution < 1.29 is 9.59 Å². The topological polar surface area (TPSA) is 81.3 Å². The van der Waals surface area contributed by atoms with Gasteiger partial charge in [0.15, 0.2) is 5.69 Å². The van der Waals surface area contributed by atoms with Crippen LogP contribution < -0.4 is 5.32 Å². The normalized spacial score (nSPS) is 14.9. The summed E-state index contributed by atoms with van der Waals surface area (Å²) >= 11 is 0. The number of hydrogen-bond donors (Lipinski definition) is 2. The molecule has 1 aromatic heterocycles. The molecule has 2 amide bonds. The van der Waals surface area contributed by atoms with Gasteiger partial charge < -0.3 is 10.2 Å². The number of para-hydroxylation sites is 1. The summed E-state index contributed by atoms with van der Waals surface area (Å²) in [6.07, 6.45) is 0. The second kappa shape index (κ2) is 8.05. The molecule has 1 aliphatic heterocycles. The SMILES string of the molecule is Cc1ccc(NC(=O)CN2CCN(C(=O)c3n[nH]c4ccccc34)CC2)c(C)c1. The number of carbonyl (C=O) groups is 2. The Morgan fingerprint density at radius 1 is 1.07 bits per heavy atom. The maximum absolute atomic E-state index is 12.9. The molecule has 2 N–H and O–H groups in total. The lowest BCUT2D eigenvalue weighted by molar-refractivity contribution is -0.117. The Balaban J connectivity index is 1.32. The van der Waals surface area contributed by atoms with Gasteiger partial charge in [-0.25, -0.2) is 0 Å². The van der Waals surface area contributed by atoms with Crippen LogP contribution in [0.3, 0.4) is 0 Å². The minimum absolute atomic E-state index is 0.0324. The number of rotatable bonds is 4. The van der Waals surface area contributed by atoms with Gasteiger partial charge in [-0.2, -0.15) is 5.10 Å². The predicted molar refractivity (Wildman–Crippen MR) is 113 cm³/mol. The highest BCUT2D eigenvalue weighted by atomic mass is 16.2. The summed E-state index contributed by atoms with van der Waals surface area (Å²) in [5.74, 6) is -0.100. The summed E-state index contributed by atoms with van der Waals surface area (Å²) in [6, 6.07) is 13.6. The smallest absolute Gasteiger partial charge is 0.275 e. The largest absolute Gasteiger partial charge is 0.335 e. The minimum atomic E-state index is -0.0677. The molecule has 3 aromatic rings. The number of aromatic nitrogens is 2. The molecule has 1 saturated heterocycles. The number of piperazine rings is 1. The molecule has 1 fully saturated rings. The molecule has 2 aromatic carbocycles. The van der Waals surface area contributed by atoms with Gasteiger partial charge in [0, 0.05) is 37.3 Å². The van der Waals surface area contributed by atoms with Crippen molar-refractivity contribution in [3.05, 3.63) is 59.3 Å². The van der Waals surface area contributed by atoms with Gasteiger partial charge in [0.05, 0.1) is 12.1 Å². The molecule has 0 saturated carbocycles. The summed E-state index contributed by atoms with van der Waals surface area (Å²) in [7, 11) is 0. The minimum Gasteiger partial charge on any atom is -0.335 e. The molecule has 0 aliphatic carbocycles. The molecular weight excluding hydrogens is 366 g/mol. The van der Waals surface area contributed by atoms with E-state index in [9.17, 15) is 9.59 Å². The van der Waals surface area contributed by atoms with E-state index in [1.54, 1.807) is 4.90 Å². The maximum Gasteiger partial charge on any atom is 0.275 e. The Morgan fingerprint density at radius 2 is 1.83 bits per heavy atom. The number of benzene rings is 2. The van der Waals surface area contributed by atoms with Crippen molar-refractivity contribution >= 4 is 28.4 Å². The number of nitrogens with one attached hydrogen (secondary N) is 2. The van der Waals surface area contributed by atoms with E-state index in [0.29, 0.717) is 38.4 Å². The maximum atomic E-state index is 12.9. The van der Waals surface area contributed by atoms with Gasteiger partial charge >= 0.3 is 0 Å². The molecule has 0 atom stereocenters. The van der Waals surface area contributed by atoms with Crippen LogP contribution in [0, 0.1) is 13.8 Å². The standard InChI is InChI=1S/C22H25N5O2/c1-15-7-8-18(16(2)13-15)23-20(28)14-26-9-11-27(12-10-26)22(29)21-17-5-3-4-6-19(17)24-25-21/h3-8,13H,9-12,14H2,1-2H3,(H,23,28)(H,24,25). The van der Waals surface area contributed by atoms with Gasteiger partial charge in [-0.3, -0.25) is 19.6 Å². The number of nitrogens with zero attached hydrogens (tertiary/aromatic N) is 3. The number of aromatic amines is 1. The van der Waals surface area contributed by atoms with E-state index in [-0.39, 0.29) is 11.8 Å². The van der Waals surface area contributed by atoms with E-state index in [1.807, 2.05) is 50.2 Å². The van der Waals surface area contributed by atoms with Gasteiger partial charge in [0.1, 0.15) is 0 Å². The van der Waals surface area contributed by atoms with Crippen LogP contribution in [0.2, 0.25) is 0 Å². The lowest BCUT2D eigenvalue weighted by atomic mass is 10.1. The van der Waals surface area contributed by atoms with Crippen LogP contribution in [-0.4, -0.2) is 64.5 Å². The molecule has 150 valence electrons. The Morgan fingerprint density at radius 3 is 2.59 bits per heavy atom. The summed E-state index contributed by atoms with van der Waals surface area (Å²) in [4.78, 5) is 29.2. The molecule has 0 unspecified atom stereocenters. The quantitative estimate of drug-likeness (QED) is 0.716. The van der Waals surface area contributed by atoms with E-state index in [4.69, 9.17) is 0 Å². The molecule has 2 heterocycles. The summed E-state index contributed by atoms with van der Waals surface area (Å²) < 4.78 is 0. The monoisotopic (exact) mass is 391 g/mol. The number of H-pyrrole nitrogens is 1. The zero-order chi connectivity index (χ0) is 20.4. The number of anilines is 1. The number of fused-ring (bicyclic) bond motifs is 1. The Kier molecular flexibility index (Phi) is 5.31. The van der Waals surface area contributed by atoms with E-state index in [0.717, 1.165) is 22.2 Å². The number of amides is 2. The Labute approximate surface area is 169 Å². The van der Waals surface area contributed by atoms with E-state index in [2.05, 4.69) is 26.5 Å². The summed E-state index contributed by atoms with van der Waals surface area (Å²) in [5.41, 5.74) is 4.39.